The third kappa shape index (κ3) is 4.43. The SMILES string of the molecule is CC(O)(Cn1cncn1)c1ccc(Oc2ccc(F)cc2)cc1C(F)(F)F. The minimum Gasteiger partial charge on any atom is -0.457 e. The molecule has 1 heterocycles. The number of hydrogen-bond acceptors (Lipinski definition) is 4. The molecule has 0 radical (unpaired) electrons. The average Bonchev–Trinajstić information content (AvgIpc) is 3.08. The molecule has 0 bridgehead atoms. The minimum absolute atomic E-state index is 0.0887. The highest BCUT2D eigenvalue weighted by Crippen LogP contribution is 2.40. The van der Waals surface area contributed by atoms with Gasteiger partial charge in [0.15, 0.2) is 0 Å². The molecule has 27 heavy (non-hydrogen) atoms. The number of hydrogen-bond donors (Lipinski definition) is 1. The second-order valence-electron chi connectivity index (χ2n) is 6.13. The van der Waals surface area contributed by atoms with Gasteiger partial charge in [0, 0.05) is 0 Å². The van der Waals surface area contributed by atoms with Gasteiger partial charge in [-0.2, -0.15) is 18.3 Å². The molecule has 1 N–H and O–H groups in total. The molecule has 0 amide bonds. The van der Waals surface area contributed by atoms with Gasteiger partial charge in [0.25, 0.3) is 0 Å². The quantitative estimate of drug-likeness (QED) is 0.675. The smallest absolute Gasteiger partial charge is 0.416 e. The molecule has 3 rings (SSSR count). The zero-order valence-electron chi connectivity index (χ0n) is 14.1. The summed E-state index contributed by atoms with van der Waals surface area (Å²) in [6.07, 6.45) is -2.20. The first kappa shape index (κ1) is 18.8. The van der Waals surface area contributed by atoms with E-state index >= 15 is 0 Å². The van der Waals surface area contributed by atoms with Crippen molar-refractivity contribution in [1.29, 1.82) is 0 Å². The number of ether oxygens (including phenoxy) is 1. The van der Waals surface area contributed by atoms with E-state index in [1.807, 2.05) is 0 Å². The first-order valence-electron chi connectivity index (χ1n) is 7.85. The van der Waals surface area contributed by atoms with Gasteiger partial charge in [0.2, 0.25) is 0 Å². The molecule has 0 aliphatic rings. The van der Waals surface area contributed by atoms with Crippen molar-refractivity contribution in [2.45, 2.75) is 25.2 Å². The fraction of sp³-hybridized carbons (Fsp3) is 0.222. The highest BCUT2D eigenvalue weighted by atomic mass is 19.4. The molecule has 142 valence electrons. The first-order chi connectivity index (χ1) is 12.6. The Morgan fingerprint density at radius 3 is 2.30 bits per heavy atom. The first-order valence-corrected chi connectivity index (χ1v) is 7.85. The predicted octanol–water partition coefficient (Wildman–Crippen LogP) is 4.14. The molecule has 0 saturated carbocycles. The number of alkyl halides is 3. The van der Waals surface area contributed by atoms with Gasteiger partial charge in [-0.25, -0.2) is 14.1 Å². The molecule has 1 atom stereocenters. The van der Waals surface area contributed by atoms with Gasteiger partial charge < -0.3 is 9.84 Å². The van der Waals surface area contributed by atoms with Crippen LogP contribution in [0.3, 0.4) is 0 Å². The lowest BCUT2D eigenvalue weighted by atomic mass is 9.90. The summed E-state index contributed by atoms with van der Waals surface area (Å²) in [7, 11) is 0. The van der Waals surface area contributed by atoms with Crippen molar-refractivity contribution in [3.63, 3.8) is 0 Å². The van der Waals surface area contributed by atoms with Crippen molar-refractivity contribution in [3.8, 4) is 11.5 Å². The van der Waals surface area contributed by atoms with Crippen LogP contribution in [0.15, 0.2) is 55.1 Å². The molecule has 0 saturated heterocycles. The molecule has 1 unspecified atom stereocenters. The van der Waals surface area contributed by atoms with Crippen LogP contribution in [-0.2, 0) is 18.3 Å². The van der Waals surface area contributed by atoms with E-state index in [0.29, 0.717) is 0 Å². The Hall–Kier alpha value is -2.94. The zero-order chi connectivity index (χ0) is 19.7. The molecule has 0 aliphatic carbocycles. The van der Waals surface area contributed by atoms with Gasteiger partial charge in [0.1, 0.15) is 35.6 Å². The van der Waals surface area contributed by atoms with Crippen LogP contribution >= 0.6 is 0 Å². The Labute approximate surface area is 151 Å². The fourth-order valence-corrected chi connectivity index (χ4v) is 2.64. The van der Waals surface area contributed by atoms with Crippen LogP contribution in [0, 0.1) is 5.82 Å². The Morgan fingerprint density at radius 2 is 1.70 bits per heavy atom. The van der Waals surface area contributed by atoms with Crippen LogP contribution in [0.25, 0.3) is 0 Å². The van der Waals surface area contributed by atoms with Gasteiger partial charge in [-0.15, -0.1) is 0 Å². The molecule has 5 nitrogen and oxygen atoms in total. The number of aliphatic hydroxyl groups is 1. The van der Waals surface area contributed by atoms with Crippen LogP contribution in [0.4, 0.5) is 17.6 Å². The van der Waals surface area contributed by atoms with Gasteiger partial charge in [-0.1, -0.05) is 6.07 Å². The lowest BCUT2D eigenvalue weighted by molar-refractivity contribution is -0.140. The highest BCUT2D eigenvalue weighted by molar-refractivity contribution is 5.42. The summed E-state index contributed by atoms with van der Waals surface area (Å²) in [5.74, 6) is -0.390. The maximum absolute atomic E-state index is 13.6. The summed E-state index contributed by atoms with van der Waals surface area (Å²) in [5, 5.41) is 14.5. The van der Waals surface area contributed by atoms with Crippen LogP contribution < -0.4 is 4.74 Å². The monoisotopic (exact) mass is 381 g/mol. The van der Waals surface area contributed by atoms with E-state index in [4.69, 9.17) is 4.74 Å². The topological polar surface area (TPSA) is 60.2 Å². The van der Waals surface area contributed by atoms with Crippen molar-refractivity contribution in [3.05, 3.63) is 72.1 Å². The molecule has 0 aliphatic heterocycles. The third-order valence-corrected chi connectivity index (χ3v) is 3.86. The molecule has 3 aromatic rings. The Kier molecular flexibility index (Phi) is 4.88. The number of nitrogens with zero attached hydrogens (tertiary/aromatic N) is 3. The van der Waals surface area contributed by atoms with Crippen LogP contribution in [0.5, 0.6) is 11.5 Å². The predicted molar refractivity (Wildman–Crippen MR) is 87.5 cm³/mol. The van der Waals surface area contributed by atoms with E-state index in [0.717, 1.165) is 24.3 Å². The van der Waals surface area contributed by atoms with E-state index in [9.17, 15) is 22.7 Å². The van der Waals surface area contributed by atoms with Gasteiger partial charge in [0.05, 0.1) is 12.1 Å². The summed E-state index contributed by atoms with van der Waals surface area (Å²) in [6.45, 7) is 1.05. The largest absolute Gasteiger partial charge is 0.457 e. The fourth-order valence-electron chi connectivity index (χ4n) is 2.64. The van der Waals surface area contributed by atoms with Gasteiger partial charge >= 0.3 is 6.18 Å². The van der Waals surface area contributed by atoms with Crippen LogP contribution in [0.2, 0.25) is 0 Å². The van der Waals surface area contributed by atoms with E-state index in [2.05, 4.69) is 10.1 Å². The number of aromatic nitrogens is 3. The second kappa shape index (κ2) is 6.99. The van der Waals surface area contributed by atoms with Crippen molar-refractivity contribution >= 4 is 0 Å². The molecule has 1 aromatic heterocycles. The molecule has 2 aromatic carbocycles. The maximum atomic E-state index is 13.6. The number of rotatable bonds is 5. The van der Waals surface area contributed by atoms with Gasteiger partial charge in [-0.05, 0) is 48.9 Å². The summed E-state index contributed by atoms with van der Waals surface area (Å²) >= 11 is 0. The van der Waals surface area contributed by atoms with Crippen molar-refractivity contribution in [2.75, 3.05) is 0 Å². The zero-order valence-corrected chi connectivity index (χ0v) is 14.1. The standard InChI is InChI=1S/C18H15F4N3O2/c1-17(26,9-25-11-23-10-24-25)15-7-6-14(8-16(15)18(20,21)22)27-13-4-2-12(19)3-5-13/h2-8,10-11,26H,9H2,1H3. The molecule has 9 heteroatoms. The molecule has 0 spiro atoms. The molecular weight excluding hydrogens is 366 g/mol. The van der Waals surface area contributed by atoms with E-state index in [1.165, 1.54) is 42.5 Å². The summed E-state index contributed by atoms with van der Waals surface area (Å²) in [4.78, 5) is 3.71. The Bertz CT molecular complexity index is 907. The number of halogens is 4. The number of benzene rings is 2. The average molecular weight is 381 g/mol. The minimum atomic E-state index is -4.72. The summed E-state index contributed by atoms with van der Waals surface area (Å²) < 4.78 is 60.3. The normalized spacial score (nSPS) is 14.0. The lowest BCUT2D eigenvalue weighted by Crippen LogP contribution is -2.31. The van der Waals surface area contributed by atoms with Crippen molar-refractivity contribution < 1.29 is 27.4 Å². The van der Waals surface area contributed by atoms with E-state index < -0.39 is 23.2 Å². The van der Waals surface area contributed by atoms with Crippen molar-refractivity contribution in [1.82, 2.24) is 14.8 Å². The van der Waals surface area contributed by atoms with Crippen LogP contribution in [-0.4, -0.2) is 19.9 Å². The molecular formula is C18H15F4N3O2. The summed E-state index contributed by atoms with van der Waals surface area (Å²) in [6, 6.07) is 8.14. The van der Waals surface area contributed by atoms with Crippen molar-refractivity contribution in [2.24, 2.45) is 0 Å². The Morgan fingerprint density at radius 1 is 1.04 bits per heavy atom. The molecule has 0 fully saturated rings. The van der Waals surface area contributed by atoms with Gasteiger partial charge in [-0.3, -0.25) is 0 Å². The Balaban J connectivity index is 1.95. The van der Waals surface area contributed by atoms with E-state index in [1.54, 1.807) is 0 Å². The van der Waals surface area contributed by atoms with E-state index in [-0.39, 0.29) is 23.6 Å². The highest BCUT2D eigenvalue weighted by Gasteiger charge is 2.39. The second-order valence-corrected chi connectivity index (χ2v) is 6.13. The third-order valence-electron chi connectivity index (χ3n) is 3.86. The maximum Gasteiger partial charge on any atom is 0.416 e. The lowest BCUT2D eigenvalue weighted by Gasteiger charge is -2.27. The summed E-state index contributed by atoms with van der Waals surface area (Å²) in [5.41, 5.74) is -3.21. The van der Waals surface area contributed by atoms with Crippen LogP contribution in [0.1, 0.15) is 18.1 Å².